The van der Waals surface area contributed by atoms with Gasteiger partial charge in [-0.15, -0.1) is 0 Å². The first-order valence-corrected chi connectivity index (χ1v) is 12.3. The molecule has 3 aromatic rings. The molecule has 212 valence electrons. The van der Waals surface area contributed by atoms with Crippen molar-refractivity contribution in [2.75, 3.05) is 14.2 Å². The number of methoxy groups -OCH3 is 2. The van der Waals surface area contributed by atoms with Crippen molar-refractivity contribution in [3.63, 3.8) is 0 Å². The van der Waals surface area contributed by atoms with E-state index in [1.54, 1.807) is 19.1 Å². The van der Waals surface area contributed by atoms with Crippen LogP contribution in [0.5, 0.6) is 23.0 Å². The van der Waals surface area contributed by atoms with E-state index in [1.165, 1.54) is 58.5 Å². The highest BCUT2D eigenvalue weighted by atomic mass is 19.1. The van der Waals surface area contributed by atoms with Gasteiger partial charge < -0.3 is 29.0 Å². The average molecular weight is 555 g/mol. The Morgan fingerprint density at radius 1 is 0.950 bits per heavy atom. The second-order valence-electron chi connectivity index (χ2n) is 8.86. The number of hydrogen-bond acceptors (Lipinski definition) is 9. The Hall–Kier alpha value is -4.67. The molecule has 0 bridgehead atoms. The van der Waals surface area contributed by atoms with E-state index >= 15 is 0 Å². The van der Waals surface area contributed by atoms with Crippen LogP contribution in [0.15, 0.2) is 54.7 Å². The number of nitrogens with zero attached hydrogens (tertiary/aromatic N) is 1. The first kappa shape index (κ1) is 29.9. The van der Waals surface area contributed by atoms with Crippen LogP contribution in [0.2, 0.25) is 0 Å². The number of aromatic nitrogens is 1. The lowest BCUT2D eigenvalue weighted by molar-refractivity contribution is -0.154. The summed E-state index contributed by atoms with van der Waals surface area (Å²) in [5.74, 6) is -2.12. The smallest absolute Gasteiger partial charge is 0.328 e. The van der Waals surface area contributed by atoms with Crippen molar-refractivity contribution in [2.45, 2.75) is 45.9 Å². The SMILES string of the molecule is COc1cc(F)ccc1[C@@H](Oc1ccc(C)cc1)[C@H](C)OC(=O)[C@H](C)NC(=O)c1nccc(OC)c1OC(C)=O. The zero-order chi connectivity index (χ0) is 29.4. The van der Waals surface area contributed by atoms with Gasteiger partial charge in [0.2, 0.25) is 5.75 Å². The Bertz CT molecular complexity index is 1360. The second-order valence-corrected chi connectivity index (χ2v) is 8.86. The molecular weight excluding hydrogens is 523 g/mol. The monoisotopic (exact) mass is 554 g/mol. The number of carbonyl (C=O) groups is 3. The highest BCUT2D eigenvalue weighted by Crippen LogP contribution is 2.34. The standard InChI is InChI=1S/C29H31FN2O8/c1-16-7-10-21(11-8-16)40-26(22-12-9-20(30)15-24(22)37-6)18(3)38-29(35)17(2)32-28(34)25-27(39-19(4)33)23(36-5)13-14-31-25/h7-15,17-18,26H,1-6H3,(H,32,34)/t17-,18-,26-/m0/s1. The van der Waals surface area contributed by atoms with Gasteiger partial charge in [0, 0.05) is 30.8 Å². The number of nitrogens with one attached hydrogen (secondary N) is 1. The molecule has 0 saturated heterocycles. The number of rotatable bonds is 11. The molecule has 1 heterocycles. The Labute approximate surface area is 231 Å². The van der Waals surface area contributed by atoms with Gasteiger partial charge in [0.1, 0.15) is 29.5 Å². The summed E-state index contributed by atoms with van der Waals surface area (Å²) in [6.45, 7) is 6.13. The predicted octanol–water partition coefficient (Wildman–Crippen LogP) is 4.34. The zero-order valence-corrected chi connectivity index (χ0v) is 23.0. The number of halogens is 1. The van der Waals surface area contributed by atoms with Gasteiger partial charge in [-0.1, -0.05) is 17.7 Å². The third kappa shape index (κ3) is 7.46. The molecule has 0 saturated carbocycles. The lowest BCUT2D eigenvalue weighted by Crippen LogP contribution is -2.42. The number of esters is 2. The summed E-state index contributed by atoms with van der Waals surface area (Å²) in [5, 5.41) is 2.49. The molecular formula is C29H31FN2O8. The minimum Gasteiger partial charge on any atom is -0.496 e. The molecule has 0 aliphatic heterocycles. The first-order valence-electron chi connectivity index (χ1n) is 12.3. The normalized spacial score (nSPS) is 12.9. The van der Waals surface area contributed by atoms with E-state index in [4.69, 9.17) is 23.7 Å². The lowest BCUT2D eigenvalue weighted by atomic mass is 10.0. The molecule has 3 atom stereocenters. The molecule has 0 aliphatic carbocycles. The van der Waals surface area contributed by atoms with Crippen molar-refractivity contribution in [3.8, 4) is 23.0 Å². The van der Waals surface area contributed by atoms with Crippen molar-refractivity contribution in [3.05, 3.63) is 77.4 Å². The summed E-state index contributed by atoms with van der Waals surface area (Å²) < 4.78 is 41.4. The molecule has 0 spiro atoms. The summed E-state index contributed by atoms with van der Waals surface area (Å²) in [5.41, 5.74) is 1.22. The first-order chi connectivity index (χ1) is 19.0. The van der Waals surface area contributed by atoms with E-state index < -0.39 is 41.9 Å². The number of benzene rings is 2. The van der Waals surface area contributed by atoms with Gasteiger partial charge in [-0.2, -0.15) is 0 Å². The molecule has 10 nitrogen and oxygen atoms in total. The van der Waals surface area contributed by atoms with Gasteiger partial charge in [-0.25, -0.2) is 14.2 Å². The van der Waals surface area contributed by atoms with Gasteiger partial charge in [-0.05, 0) is 45.0 Å². The molecule has 0 fully saturated rings. The van der Waals surface area contributed by atoms with E-state index in [9.17, 15) is 18.8 Å². The molecule has 1 N–H and O–H groups in total. The van der Waals surface area contributed by atoms with Crippen LogP contribution >= 0.6 is 0 Å². The number of aryl methyl sites for hydroxylation is 1. The summed E-state index contributed by atoms with van der Waals surface area (Å²) in [4.78, 5) is 41.5. The summed E-state index contributed by atoms with van der Waals surface area (Å²) in [6.07, 6.45) is -0.491. The summed E-state index contributed by atoms with van der Waals surface area (Å²) in [6, 6.07) is 11.5. The molecule has 1 aromatic heterocycles. The Morgan fingerprint density at radius 2 is 1.62 bits per heavy atom. The van der Waals surface area contributed by atoms with Gasteiger partial charge >= 0.3 is 11.9 Å². The van der Waals surface area contributed by atoms with Crippen LogP contribution in [0.25, 0.3) is 0 Å². The minimum atomic E-state index is -1.14. The van der Waals surface area contributed by atoms with E-state index in [2.05, 4.69) is 10.3 Å². The van der Waals surface area contributed by atoms with Crippen molar-refractivity contribution in [2.24, 2.45) is 0 Å². The fourth-order valence-corrected chi connectivity index (χ4v) is 3.76. The highest BCUT2D eigenvalue weighted by Gasteiger charge is 2.31. The van der Waals surface area contributed by atoms with Gasteiger partial charge in [0.05, 0.1) is 14.2 Å². The van der Waals surface area contributed by atoms with Crippen LogP contribution in [0.4, 0.5) is 4.39 Å². The molecule has 2 aromatic carbocycles. The van der Waals surface area contributed by atoms with Crippen molar-refractivity contribution >= 4 is 17.8 Å². The van der Waals surface area contributed by atoms with E-state index in [-0.39, 0.29) is 22.9 Å². The van der Waals surface area contributed by atoms with E-state index in [0.717, 1.165) is 5.56 Å². The molecule has 1 amide bonds. The third-order valence-electron chi connectivity index (χ3n) is 5.76. The number of carbonyl (C=O) groups excluding carboxylic acids is 3. The fourth-order valence-electron chi connectivity index (χ4n) is 3.76. The van der Waals surface area contributed by atoms with Crippen molar-refractivity contribution < 1.29 is 42.5 Å². The van der Waals surface area contributed by atoms with Gasteiger partial charge in [-0.3, -0.25) is 9.59 Å². The maximum Gasteiger partial charge on any atom is 0.328 e. The molecule has 0 radical (unpaired) electrons. The number of pyridine rings is 1. The van der Waals surface area contributed by atoms with Gasteiger partial charge in [0.15, 0.2) is 17.5 Å². The lowest BCUT2D eigenvalue weighted by Gasteiger charge is -2.28. The third-order valence-corrected chi connectivity index (χ3v) is 5.76. The van der Waals surface area contributed by atoms with E-state index in [0.29, 0.717) is 11.3 Å². The molecule has 3 rings (SSSR count). The minimum absolute atomic E-state index is 0.114. The largest absolute Gasteiger partial charge is 0.496 e. The van der Waals surface area contributed by atoms with Crippen molar-refractivity contribution in [1.29, 1.82) is 0 Å². The fraction of sp³-hybridized carbons (Fsp3) is 0.310. The number of ether oxygens (including phenoxy) is 5. The maximum atomic E-state index is 13.9. The van der Waals surface area contributed by atoms with Crippen LogP contribution < -0.4 is 24.3 Å². The Kier molecular flexibility index (Phi) is 10.0. The van der Waals surface area contributed by atoms with Crippen LogP contribution in [0.1, 0.15) is 48.5 Å². The molecule has 40 heavy (non-hydrogen) atoms. The van der Waals surface area contributed by atoms with Crippen LogP contribution in [0.3, 0.4) is 0 Å². The molecule has 0 aliphatic rings. The Balaban J connectivity index is 1.81. The number of amides is 1. The Morgan fingerprint density at radius 3 is 2.25 bits per heavy atom. The van der Waals surface area contributed by atoms with Crippen molar-refractivity contribution in [1.82, 2.24) is 10.3 Å². The molecule has 11 heteroatoms. The number of hydrogen-bond donors (Lipinski definition) is 1. The topological polar surface area (TPSA) is 122 Å². The van der Waals surface area contributed by atoms with E-state index in [1.807, 2.05) is 19.1 Å². The average Bonchev–Trinajstić information content (AvgIpc) is 2.92. The zero-order valence-electron chi connectivity index (χ0n) is 23.0. The molecule has 0 unspecified atom stereocenters. The highest BCUT2D eigenvalue weighted by molar-refractivity contribution is 5.98. The quantitative estimate of drug-likeness (QED) is 0.345. The van der Waals surface area contributed by atoms with Crippen LogP contribution in [-0.2, 0) is 14.3 Å². The van der Waals surface area contributed by atoms with Crippen LogP contribution in [0, 0.1) is 12.7 Å². The summed E-state index contributed by atoms with van der Waals surface area (Å²) in [7, 11) is 2.74. The van der Waals surface area contributed by atoms with Gasteiger partial charge in [0.25, 0.3) is 5.91 Å². The summed E-state index contributed by atoms with van der Waals surface area (Å²) >= 11 is 0. The maximum absolute atomic E-state index is 13.9. The second kappa shape index (κ2) is 13.4. The van der Waals surface area contributed by atoms with Crippen LogP contribution in [-0.4, -0.2) is 49.2 Å². The predicted molar refractivity (Wildman–Crippen MR) is 142 cm³/mol.